The minimum atomic E-state index is -4.04. The topological polar surface area (TPSA) is 116 Å². The third-order valence-corrected chi connectivity index (χ3v) is 5.97. The summed E-state index contributed by atoms with van der Waals surface area (Å²) in [5, 5.41) is 10.7. The summed E-state index contributed by atoms with van der Waals surface area (Å²) in [4.78, 5) is -0.0704. The molecule has 0 saturated heterocycles. The quantitative estimate of drug-likeness (QED) is 0.378. The number of hydrogen-bond donors (Lipinski definition) is 2. The van der Waals surface area contributed by atoms with E-state index in [9.17, 15) is 8.42 Å². The van der Waals surface area contributed by atoms with E-state index in [4.69, 9.17) is 14.1 Å². The fourth-order valence-electron chi connectivity index (χ4n) is 3.15. The van der Waals surface area contributed by atoms with E-state index >= 15 is 0 Å². The fourth-order valence-corrected chi connectivity index (χ4v) is 4.50. The van der Waals surface area contributed by atoms with Gasteiger partial charge in [0.1, 0.15) is 21.9 Å². The third-order valence-electron chi connectivity index (χ3n) is 4.51. The fraction of sp³-hybridized carbons (Fsp3) is 0.182. The van der Waals surface area contributed by atoms with Crippen molar-refractivity contribution in [2.75, 3.05) is 23.3 Å². The largest absolute Gasteiger partial charge is 0.494 e. The standard InChI is InChI=1S/C22H22N4O5S/c1-3-29-17-9-5-15(6-10-17)23-20-14-13-19-21(25-31-24-19)22(20)32(27,28)26-16-7-11-18(12-8-16)30-4-2/h5-14,23,26H,3-4H2,1-2H3. The van der Waals surface area contributed by atoms with Gasteiger partial charge in [-0.05, 0) is 84.8 Å². The smallest absolute Gasteiger partial charge is 0.266 e. The Balaban J connectivity index is 1.69. The Morgan fingerprint density at radius 3 is 2.00 bits per heavy atom. The Morgan fingerprint density at radius 1 is 0.812 bits per heavy atom. The first-order chi connectivity index (χ1) is 15.5. The normalized spacial score (nSPS) is 11.3. The number of rotatable bonds is 9. The zero-order valence-electron chi connectivity index (χ0n) is 17.5. The van der Waals surface area contributed by atoms with Crippen molar-refractivity contribution in [2.45, 2.75) is 18.7 Å². The van der Waals surface area contributed by atoms with Crippen LogP contribution < -0.4 is 19.5 Å². The van der Waals surface area contributed by atoms with Gasteiger partial charge in [0.15, 0.2) is 5.52 Å². The maximum Gasteiger partial charge on any atom is 0.266 e. The van der Waals surface area contributed by atoms with Crippen molar-refractivity contribution in [3.05, 3.63) is 60.7 Å². The molecule has 0 fully saturated rings. The van der Waals surface area contributed by atoms with Crippen LogP contribution in [-0.4, -0.2) is 31.9 Å². The molecule has 1 heterocycles. The highest BCUT2D eigenvalue weighted by atomic mass is 32.2. The second-order valence-corrected chi connectivity index (χ2v) is 8.34. The van der Waals surface area contributed by atoms with E-state index in [1.54, 1.807) is 60.7 Å². The molecule has 0 spiro atoms. The molecule has 1 aromatic heterocycles. The Labute approximate surface area is 185 Å². The van der Waals surface area contributed by atoms with Crippen molar-refractivity contribution in [3.8, 4) is 11.5 Å². The molecule has 2 N–H and O–H groups in total. The van der Waals surface area contributed by atoms with E-state index in [0.29, 0.717) is 41.5 Å². The van der Waals surface area contributed by atoms with Gasteiger partial charge < -0.3 is 14.8 Å². The van der Waals surface area contributed by atoms with Crippen LogP contribution in [0.25, 0.3) is 11.0 Å². The Bertz CT molecular complexity index is 1300. The maximum atomic E-state index is 13.4. The summed E-state index contributed by atoms with van der Waals surface area (Å²) in [6.07, 6.45) is 0. The van der Waals surface area contributed by atoms with Crippen molar-refractivity contribution in [1.82, 2.24) is 10.3 Å². The van der Waals surface area contributed by atoms with Gasteiger partial charge in [-0.15, -0.1) is 0 Å². The number of fused-ring (bicyclic) bond motifs is 1. The molecule has 0 unspecified atom stereocenters. The van der Waals surface area contributed by atoms with Gasteiger partial charge in [0.25, 0.3) is 10.0 Å². The van der Waals surface area contributed by atoms with Crippen LogP contribution in [0.15, 0.2) is 70.2 Å². The van der Waals surface area contributed by atoms with Crippen LogP contribution in [0.5, 0.6) is 11.5 Å². The average Bonchev–Trinajstić information content (AvgIpc) is 3.25. The lowest BCUT2D eigenvalue weighted by Gasteiger charge is -2.15. The van der Waals surface area contributed by atoms with Crippen molar-refractivity contribution < 1.29 is 22.5 Å². The molecule has 10 heteroatoms. The first-order valence-electron chi connectivity index (χ1n) is 10.0. The highest BCUT2D eigenvalue weighted by Crippen LogP contribution is 2.33. The Hall–Kier alpha value is -3.79. The van der Waals surface area contributed by atoms with Crippen LogP contribution in [0, 0.1) is 0 Å². The predicted octanol–water partition coefficient (Wildman–Crippen LogP) is 4.56. The second kappa shape index (κ2) is 9.15. The van der Waals surface area contributed by atoms with Crippen LogP contribution in [0.3, 0.4) is 0 Å². The number of nitrogens with one attached hydrogen (secondary N) is 2. The van der Waals surface area contributed by atoms with E-state index in [0.717, 1.165) is 5.75 Å². The van der Waals surface area contributed by atoms with E-state index < -0.39 is 10.0 Å². The molecule has 166 valence electrons. The summed E-state index contributed by atoms with van der Waals surface area (Å²) in [5.41, 5.74) is 1.85. The van der Waals surface area contributed by atoms with E-state index in [1.807, 2.05) is 13.8 Å². The van der Waals surface area contributed by atoms with Gasteiger partial charge in [-0.25, -0.2) is 13.0 Å². The second-order valence-electron chi connectivity index (χ2n) is 6.72. The van der Waals surface area contributed by atoms with Crippen molar-refractivity contribution in [1.29, 1.82) is 0 Å². The molecule has 0 amide bonds. The van der Waals surface area contributed by atoms with Gasteiger partial charge in [-0.3, -0.25) is 4.72 Å². The first-order valence-corrected chi connectivity index (χ1v) is 11.5. The number of hydrogen-bond acceptors (Lipinski definition) is 8. The summed E-state index contributed by atoms with van der Waals surface area (Å²) >= 11 is 0. The van der Waals surface area contributed by atoms with Crippen molar-refractivity contribution >= 4 is 38.1 Å². The summed E-state index contributed by atoms with van der Waals surface area (Å²) in [5.74, 6) is 1.37. The van der Waals surface area contributed by atoms with E-state index in [2.05, 4.69) is 20.4 Å². The minimum absolute atomic E-state index is 0.0704. The van der Waals surface area contributed by atoms with Crippen LogP contribution >= 0.6 is 0 Å². The van der Waals surface area contributed by atoms with E-state index in [1.165, 1.54) is 0 Å². The molecule has 0 saturated carbocycles. The van der Waals surface area contributed by atoms with Crippen molar-refractivity contribution in [2.24, 2.45) is 0 Å². The van der Waals surface area contributed by atoms with Gasteiger partial charge in [-0.2, -0.15) is 0 Å². The molecule has 3 aromatic carbocycles. The number of anilines is 3. The van der Waals surface area contributed by atoms with Crippen molar-refractivity contribution in [3.63, 3.8) is 0 Å². The maximum absolute atomic E-state index is 13.4. The molecule has 0 aliphatic carbocycles. The number of benzene rings is 3. The number of sulfonamides is 1. The van der Waals surface area contributed by atoms with Gasteiger partial charge in [0.05, 0.1) is 18.9 Å². The molecule has 0 aliphatic heterocycles. The summed E-state index contributed by atoms with van der Waals surface area (Å²) in [6.45, 7) is 4.86. The molecule has 0 atom stereocenters. The molecule has 0 aliphatic rings. The molecule has 4 aromatic rings. The van der Waals surface area contributed by atoms with Gasteiger partial charge in [0, 0.05) is 11.4 Å². The number of nitrogens with zero attached hydrogens (tertiary/aromatic N) is 2. The lowest BCUT2D eigenvalue weighted by atomic mass is 10.2. The third kappa shape index (κ3) is 4.59. The molecule has 4 rings (SSSR count). The number of ether oxygens (including phenoxy) is 2. The monoisotopic (exact) mass is 454 g/mol. The van der Waals surface area contributed by atoms with Gasteiger partial charge in [0.2, 0.25) is 0 Å². The van der Waals surface area contributed by atoms with Crippen LogP contribution in [0.1, 0.15) is 13.8 Å². The lowest BCUT2D eigenvalue weighted by molar-refractivity contribution is 0.315. The summed E-state index contributed by atoms with van der Waals surface area (Å²) in [7, 11) is -4.04. The highest BCUT2D eigenvalue weighted by molar-refractivity contribution is 7.93. The number of aromatic nitrogens is 2. The SMILES string of the molecule is CCOc1ccc(Nc2ccc3nonc3c2S(=O)(=O)Nc2ccc(OCC)cc2)cc1. The molecular formula is C22H22N4O5S. The van der Waals surface area contributed by atoms with Crippen LogP contribution in [0.4, 0.5) is 17.1 Å². The Kier molecular flexibility index (Phi) is 6.13. The first kappa shape index (κ1) is 21.4. The molecule has 0 radical (unpaired) electrons. The molecule has 32 heavy (non-hydrogen) atoms. The zero-order chi connectivity index (χ0) is 22.6. The average molecular weight is 455 g/mol. The molecule has 9 nitrogen and oxygen atoms in total. The summed E-state index contributed by atoms with van der Waals surface area (Å²) < 4.78 is 45.0. The van der Waals surface area contributed by atoms with Gasteiger partial charge >= 0.3 is 0 Å². The van der Waals surface area contributed by atoms with Crippen LogP contribution in [0.2, 0.25) is 0 Å². The molecular weight excluding hydrogens is 432 g/mol. The highest BCUT2D eigenvalue weighted by Gasteiger charge is 2.25. The molecule has 0 bridgehead atoms. The van der Waals surface area contributed by atoms with Gasteiger partial charge in [-0.1, -0.05) is 0 Å². The zero-order valence-corrected chi connectivity index (χ0v) is 18.3. The lowest BCUT2D eigenvalue weighted by Crippen LogP contribution is -2.15. The van der Waals surface area contributed by atoms with Crippen LogP contribution in [-0.2, 0) is 10.0 Å². The Morgan fingerprint density at radius 2 is 1.41 bits per heavy atom. The summed E-state index contributed by atoms with van der Waals surface area (Å²) in [6, 6.07) is 17.1. The minimum Gasteiger partial charge on any atom is -0.494 e. The van der Waals surface area contributed by atoms with E-state index in [-0.39, 0.29) is 10.4 Å². The predicted molar refractivity (Wildman–Crippen MR) is 121 cm³/mol.